The highest BCUT2D eigenvalue weighted by Gasteiger charge is 2.81. The number of esters is 2. The molecule has 0 spiro atoms. The summed E-state index contributed by atoms with van der Waals surface area (Å²) in [5.74, 6) is -2.91. The van der Waals surface area contributed by atoms with E-state index >= 15 is 0 Å². The number of aliphatic hydroxyl groups excluding tert-OH is 2. The highest BCUT2D eigenvalue weighted by Crippen LogP contribution is 2.67. The quantitative estimate of drug-likeness (QED) is 0.309. The minimum absolute atomic E-state index is 0.00377. The Labute approximate surface area is 229 Å². The van der Waals surface area contributed by atoms with Crippen molar-refractivity contribution < 1.29 is 48.7 Å². The first kappa shape index (κ1) is 30.1. The van der Waals surface area contributed by atoms with Gasteiger partial charge < -0.3 is 34.3 Å². The van der Waals surface area contributed by atoms with Crippen LogP contribution < -0.4 is 0 Å². The van der Waals surface area contributed by atoms with Gasteiger partial charge in [0.2, 0.25) is 0 Å². The SMILES string of the molecule is C=C[C@@]1(C)CC(=O)[C@@]2(O)[C@](C)(O1)[C@@H](O)[C@@H](OC(=O)COC(=O)CN1CCOCC1)C1C(C)(C)CC[C@H](O)[C@@]12C. The molecule has 0 bridgehead atoms. The van der Waals surface area contributed by atoms with Crippen LogP contribution in [0.5, 0.6) is 0 Å². The smallest absolute Gasteiger partial charge is 0.344 e. The number of carbonyl (C=O) groups is 3. The van der Waals surface area contributed by atoms with Crippen molar-refractivity contribution in [3.8, 4) is 0 Å². The summed E-state index contributed by atoms with van der Waals surface area (Å²) in [6, 6.07) is 0. The monoisotopic (exact) mass is 553 g/mol. The number of aliphatic hydroxyl groups is 3. The van der Waals surface area contributed by atoms with Gasteiger partial charge in [-0.15, -0.1) is 6.58 Å². The number of ketones is 1. The third-order valence-corrected chi connectivity index (χ3v) is 9.81. The van der Waals surface area contributed by atoms with E-state index in [0.29, 0.717) is 39.1 Å². The topological polar surface area (TPSA) is 152 Å². The summed E-state index contributed by atoms with van der Waals surface area (Å²) in [6.07, 6.45) is -2.06. The molecule has 2 aliphatic carbocycles. The fraction of sp³-hybridized carbons (Fsp3) is 0.821. The predicted octanol–water partition coefficient (Wildman–Crippen LogP) is 0.375. The normalized spacial score (nSPS) is 44.1. The summed E-state index contributed by atoms with van der Waals surface area (Å²) < 4.78 is 22.5. The maximum atomic E-state index is 13.8. The molecule has 3 N–H and O–H groups in total. The van der Waals surface area contributed by atoms with E-state index in [-0.39, 0.29) is 13.0 Å². The molecular weight excluding hydrogens is 510 g/mol. The van der Waals surface area contributed by atoms with E-state index in [0.717, 1.165) is 0 Å². The van der Waals surface area contributed by atoms with Crippen LogP contribution in [0.2, 0.25) is 0 Å². The van der Waals surface area contributed by atoms with E-state index in [1.54, 1.807) is 13.8 Å². The maximum Gasteiger partial charge on any atom is 0.344 e. The third-order valence-electron chi connectivity index (χ3n) is 9.81. The standard InChI is InChI=1S/C28H43NO10/c1-7-25(4)14-18(31)28(35)26(5)17(30)8-9-24(2,3)22(26)21(23(34)27(28,6)39-25)38-20(33)16-37-19(32)15-29-10-12-36-13-11-29/h7,17,21-23,30,34-35H,1,8-16H2,2-6H3/t17-,21-,22?,23-,25-,26-,27+,28-/m0/s1. The van der Waals surface area contributed by atoms with Crippen LogP contribution in [0.15, 0.2) is 12.7 Å². The number of fused-ring (bicyclic) bond motifs is 3. The van der Waals surface area contributed by atoms with Gasteiger partial charge in [0.1, 0.15) is 17.8 Å². The van der Waals surface area contributed by atoms with Crippen molar-refractivity contribution in [2.45, 2.75) is 89.0 Å². The van der Waals surface area contributed by atoms with Crippen molar-refractivity contribution in [2.75, 3.05) is 39.5 Å². The first-order valence-corrected chi connectivity index (χ1v) is 13.7. The van der Waals surface area contributed by atoms with Crippen LogP contribution in [0.25, 0.3) is 0 Å². The second kappa shape index (κ2) is 10.2. The summed E-state index contributed by atoms with van der Waals surface area (Å²) in [7, 11) is 0. The van der Waals surface area contributed by atoms with Crippen LogP contribution >= 0.6 is 0 Å². The van der Waals surface area contributed by atoms with Crippen molar-refractivity contribution in [3.63, 3.8) is 0 Å². The molecule has 0 aromatic rings. The number of hydrogen-bond donors (Lipinski definition) is 3. The summed E-state index contributed by atoms with van der Waals surface area (Å²) in [5, 5.41) is 35.5. The molecule has 2 saturated heterocycles. The first-order chi connectivity index (χ1) is 18.1. The highest BCUT2D eigenvalue weighted by molar-refractivity contribution is 5.92. The first-order valence-electron chi connectivity index (χ1n) is 13.7. The molecule has 0 aromatic heterocycles. The van der Waals surface area contributed by atoms with Crippen LogP contribution in [-0.2, 0) is 33.3 Å². The van der Waals surface area contributed by atoms with Crippen molar-refractivity contribution >= 4 is 17.7 Å². The second-order valence-electron chi connectivity index (χ2n) is 12.8. The lowest BCUT2D eigenvalue weighted by Gasteiger charge is -2.71. The fourth-order valence-corrected chi connectivity index (χ4v) is 7.72. The van der Waals surface area contributed by atoms with Gasteiger partial charge in [-0.1, -0.05) is 26.8 Å². The number of ether oxygens (including phenoxy) is 4. The second-order valence-corrected chi connectivity index (χ2v) is 12.8. The lowest BCUT2D eigenvalue weighted by Crippen LogP contribution is -2.86. The van der Waals surface area contributed by atoms with Gasteiger partial charge in [-0.25, -0.2) is 4.79 Å². The van der Waals surface area contributed by atoms with Crippen LogP contribution in [0.3, 0.4) is 0 Å². The molecule has 11 nitrogen and oxygen atoms in total. The van der Waals surface area contributed by atoms with E-state index in [2.05, 4.69) is 6.58 Å². The average Bonchev–Trinajstić information content (AvgIpc) is 2.87. The van der Waals surface area contributed by atoms with Crippen molar-refractivity contribution in [3.05, 3.63) is 12.7 Å². The zero-order valence-corrected chi connectivity index (χ0v) is 23.6. The van der Waals surface area contributed by atoms with Gasteiger partial charge in [-0.3, -0.25) is 14.5 Å². The van der Waals surface area contributed by atoms with Gasteiger partial charge in [0.05, 0.1) is 31.5 Å². The Kier molecular flexibility index (Phi) is 7.85. The molecule has 1 unspecified atom stereocenters. The minimum Gasteiger partial charge on any atom is -0.457 e. The van der Waals surface area contributed by atoms with E-state index in [1.807, 2.05) is 18.7 Å². The number of rotatable bonds is 6. The number of morpholine rings is 1. The van der Waals surface area contributed by atoms with Crippen LogP contribution in [0, 0.1) is 16.7 Å². The van der Waals surface area contributed by atoms with Crippen molar-refractivity contribution in [2.24, 2.45) is 16.7 Å². The molecular formula is C28H43NO10. The fourth-order valence-electron chi connectivity index (χ4n) is 7.72. The molecule has 0 radical (unpaired) electrons. The Bertz CT molecular complexity index is 1010. The molecule has 0 aromatic carbocycles. The van der Waals surface area contributed by atoms with Gasteiger partial charge in [0.25, 0.3) is 0 Å². The Morgan fingerprint density at radius 2 is 1.77 bits per heavy atom. The van der Waals surface area contributed by atoms with E-state index in [9.17, 15) is 29.7 Å². The van der Waals surface area contributed by atoms with E-state index in [1.165, 1.54) is 13.0 Å². The van der Waals surface area contributed by atoms with Gasteiger partial charge >= 0.3 is 11.9 Å². The molecule has 2 aliphatic heterocycles. The molecule has 2 saturated carbocycles. The summed E-state index contributed by atoms with van der Waals surface area (Å²) in [6.45, 7) is 13.7. The van der Waals surface area contributed by atoms with E-state index in [4.69, 9.17) is 18.9 Å². The predicted molar refractivity (Wildman–Crippen MR) is 137 cm³/mol. The highest BCUT2D eigenvalue weighted by atomic mass is 16.6. The van der Waals surface area contributed by atoms with Gasteiger partial charge in [-0.2, -0.15) is 0 Å². The van der Waals surface area contributed by atoms with E-state index < -0.39 is 76.2 Å². The number of nitrogens with zero attached hydrogens (tertiary/aromatic N) is 1. The molecule has 8 atom stereocenters. The van der Waals surface area contributed by atoms with Gasteiger partial charge in [0, 0.05) is 30.8 Å². The molecule has 4 aliphatic rings. The molecule has 11 heteroatoms. The molecule has 4 rings (SSSR count). The Balaban J connectivity index is 1.64. The molecule has 4 fully saturated rings. The molecule has 2 heterocycles. The van der Waals surface area contributed by atoms with Crippen LogP contribution in [0.1, 0.15) is 53.9 Å². The minimum atomic E-state index is -2.29. The summed E-state index contributed by atoms with van der Waals surface area (Å²) >= 11 is 0. The van der Waals surface area contributed by atoms with Gasteiger partial charge in [0.15, 0.2) is 18.0 Å². The lowest BCUT2D eigenvalue weighted by atomic mass is 9.40. The summed E-state index contributed by atoms with van der Waals surface area (Å²) in [4.78, 5) is 41.0. The lowest BCUT2D eigenvalue weighted by molar-refractivity contribution is -0.370. The number of carbonyl (C=O) groups excluding carboxylic acids is 3. The zero-order valence-electron chi connectivity index (χ0n) is 23.6. The molecule has 39 heavy (non-hydrogen) atoms. The Hall–Kier alpha value is -1.89. The Morgan fingerprint density at radius 3 is 2.38 bits per heavy atom. The van der Waals surface area contributed by atoms with Crippen LogP contribution in [0.4, 0.5) is 0 Å². The van der Waals surface area contributed by atoms with Crippen LogP contribution in [-0.4, -0.2) is 113 Å². The summed E-state index contributed by atoms with van der Waals surface area (Å²) in [5.41, 5.74) is -7.66. The van der Waals surface area contributed by atoms with Gasteiger partial charge in [-0.05, 0) is 32.1 Å². The van der Waals surface area contributed by atoms with Crippen molar-refractivity contribution in [1.29, 1.82) is 0 Å². The maximum absolute atomic E-state index is 13.8. The third kappa shape index (κ3) is 4.64. The number of hydrogen-bond acceptors (Lipinski definition) is 11. The average molecular weight is 554 g/mol. The Morgan fingerprint density at radius 1 is 1.13 bits per heavy atom. The molecule has 220 valence electrons. The zero-order chi connectivity index (χ0) is 29.0. The van der Waals surface area contributed by atoms with Crippen molar-refractivity contribution in [1.82, 2.24) is 4.90 Å². The number of Topliss-reactive ketones (excluding diaryl/α,β-unsaturated/α-hetero) is 1. The largest absolute Gasteiger partial charge is 0.457 e. The molecule has 0 amide bonds.